The van der Waals surface area contributed by atoms with Gasteiger partial charge in [0.2, 0.25) is 53.2 Å². The highest BCUT2D eigenvalue weighted by Crippen LogP contribution is 2.33. The first-order valence-electron chi connectivity index (χ1n) is 37.5. The molecule has 0 saturated carbocycles. The molecule has 11 amide bonds. The number of ketones is 2. The molecule has 0 bridgehead atoms. The molecular weight excluding hydrogens is 1310 g/mol. The number of hydrogen-bond acceptors (Lipinski definition) is 18. The number of likely N-dealkylation sites (N-methyl/N-ethyl adjacent to an activating group) is 4. The van der Waals surface area contributed by atoms with Gasteiger partial charge in [0.25, 0.3) is 11.8 Å². The van der Waals surface area contributed by atoms with Crippen LogP contribution in [0.4, 0.5) is 0 Å². The van der Waals surface area contributed by atoms with E-state index in [0.717, 1.165) is 0 Å². The fraction of sp³-hybridized carbons (Fsp3) is 0.811. The molecule has 0 aliphatic carbocycles. The van der Waals surface area contributed by atoms with Gasteiger partial charge in [-0.25, -0.2) is 4.79 Å². The fourth-order valence-corrected chi connectivity index (χ4v) is 15.3. The van der Waals surface area contributed by atoms with E-state index in [1.165, 1.54) is 16.8 Å². The largest absolute Gasteiger partial charge is 0.359 e. The zero-order valence-corrected chi connectivity index (χ0v) is 65.4. The molecule has 10 unspecified atom stereocenters. The molecule has 10 atom stereocenters. The summed E-state index contributed by atoms with van der Waals surface area (Å²) >= 11 is 0. The first-order chi connectivity index (χ1) is 47.9. The summed E-state index contributed by atoms with van der Waals surface area (Å²) in [6.07, 6.45) is 7.29. The molecule has 0 spiro atoms. The van der Waals surface area contributed by atoms with E-state index in [2.05, 4.69) is 21.7 Å². The third kappa shape index (κ3) is 24.3. The van der Waals surface area contributed by atoms with E-state index in [1.54, 1.807) is 40.7 Å². The number of amides is 11. The average molecular weight is 1440 g/mol. The molecule has 102 heavy (non-hydrogen) atoms. The monoisotopic (exact) mass is 1440 g/mol. The van der Waals surface area contributed by atoms with Crippen molar-refractivity contribution >= 4 is 82.5 Å². The second kappa shape index (κ2) is 42.7. The molecule has 28 nitrogen and oxygen atoms in total. The van der Waals surface area contributed by atoms with Crippen molar-refractivity contribution in [2.75, 3.05) is 95.6 Å². The first-order valence-corrected chi connectivity index (χ1v) is 37.5. The van der Waals surface area contributed by atoms with Crippen LogP contribution in [0.2, 0.25) is 0 Å². The summed E-state index contributed by atoms with van der Waals surface area (Å²) in [5, 5.41) is 8.87. The molecule has 580 valence electrons. The maximum Gasteiger partial charge on any atom is 0.333 e. The standard InChI is InChI=1S/C38H62N6O9.C35H62N6O6.CH5N/c1-23(2)26(22-29(45)33(24(3)4)40(7)8)36(50)41(9)34(25(5)6)38(52)43-21-13-15-28(43)37(51)42-20-12-14-27(42)35(49)39-19-11-10-16-32(48)53-44-30(46)17-18-31(44)47;1-22(2)25(21-28(42)30(23(3)4)38(8)9)33(45)39(10)31(24(5)6)35(47)41-20-14-16-27(41)34(46)40-19-13-15-26(40)32(44)37-18-12-11-17-29(43)36-7;1-2/h23-28,33-34H,10-22H2,1-9H3,(H,39,49);22-27,30-31H,11-21H2,1-10H3,(H,36,43)(H,37,44);2H2,1H3. The highest BCUT2D eigenvalue weighted by atomic mass is 16.7. The van der Waals surface area contributed by atoms with Gasteiger partial charge in [0.05, 0.1) is 12.1 Å². The Bertz CT molecular complexity index is 2830. The number of carbonyl (C=O) groups excluding carboxylic acids is 14. The summed E-state index contributed by atoms with van der Waals surface area (Å²) < 4.78 is 0. The molecule has 0 aromatic rings. The minimum atomic E-state index is -0.840. The van der Waals surface area contributed by atoms with Gasteiger partial charge in [-0.2, -0.15) is 0 Å². The van der Waals surface area contributed by atoms with Crippen LogP contribution in [0, 0.1) is 47.3 Å². The van der Waals surface area contributed by atoms with Gasteiger partial charge in [0, 0.05) is 111 Å². The predicted molar refractivity (Wildman–Crippen MR) is 387 cm³/mol. The highest BCUT2D eigenvalue weighted by molar-refractivity contribution is 6.02. The zero-order valence-electron chi connectivity index (χ0n) is 65.4. The summed E-state index contributed by atoms with van der Waals surface area (Å²) in [5.41, 5.74) is 4.50. The Balaban J connectivity index is 0.000000521. The number of hydroxylamine groups is 2. The zero-order chi connectivity index (χ0) is 77.3. The van der Waals surface area contributed by atoms with Crippen LogP contribution in [0.5, 0.6) is 0 Å². The number of imide groups is 1. The maximum atomic E-state index is 14.3. The van der Waals surface area contributed by atoms with Gasteiger partial charge in [-0.05, 0) is 148 Å². The van der Waals surface area contributed by atoms with Gasteiger partial charge in [0.15, 0.2) is 11.6 Å². The molecule has 0 aromatic heterocycles. The van der Waals surface area contributed by atoms with Crippen molar-refractivity contribution in [1.29, 1.82) is 0 Å². The summed E-state index contributed by atoms with van der Waals surface area (Å²) in [5.74, 6) is -5.71. The minimum absolute atomic E-state index is 0.0103. The molecule has 5 aliphatic rings. The van der Waals surface area contributed by atoms with Gasteiger partial charge in [-0.15, -0.1) is 5.06 Å². The lowest BCUT2D eigenvalue weighted by Gasteiger charge is -2.38. The number of hydrogen-bond donors (Lipinski definition) is 4. The third-order valence-corrected chi connectivity index (χ3v) is 20.5. The molecule has 5 saturated heterocycles. The van der Waals surface area contributed by atoms with Gasteiger partial charge < -0.3 is 55.9 Å². The topological polar surface area (TPSA) is 339 Å². The van der Waals surface area contributed by atoms with E-state index < -0.39 is 65.9 Å². The van der Waals surface area contributed by atoms with E-state index >= 15 is 0 Å². The van der Waals surface area contributed by atoms with E-state index in [4.69, 9.17) is 4.84 Å². The van der Waals surface area contributed by atoms with Crippen molar-refractivity contribution in [3.05, 3.63) is 0 Å². The highest BCUT2D eigenvalue weighted by Gasteiger charge is 2.49. The van der Waals surface area contributed by atoms with E-state index in [1.807, 2.05) is 121 Å². The lowest BCUT2D eigenvalue weighted by atomic mass is 9.84. The van der Waals surface area contributed by atoms with Crippen LogP contribution in [-0.4, -0.2) is 271 Å². The van der Waals surface area contributed by atoms with E-state index in [0.29, 0.717) is 121 Å². The van der Waals surface area contributed by atoms with Crippen molar-refractivity contribution in [2.24, 2.45) is 53.1 Å². The van der Waals surface area contributed by atoms with Crippen LogP contribution in [0.1, 0.15) is 199 Å². The quantitative estimate of drug-likeness (QED) is 0.0514. The maximum absolute atomic E-state index is 14.3. The molecular formula is C74H129N13O15. The second-order valence-electron chi connectivity index (χ2n) is 30.6. The summed E-state index contributed by atoms with van der Waals surface area (Å²) in [6, 6.07) is -5.00. The smallest absolute Gasteiger partial charge is 0.333 e. The van der Waals surface area contributed by atoms with Crippen LogP contribution in [-0.2, 0) is 72.0 Å². The van der Waals surface area contributed by atoms with Gasteiger partial charge in [-0.3, -0.25) is 72.1 Å². The lowest BCUT2D eigenvalue weighted by molar-refractivity contribution is -0.197. The Kier molecular flexibility index (Phi) is 37.4. The van der Waals surface area contributed by atoms with Crippen molar-refractivity contribution < 1.29 is 72.0 Å². The number of carbonyl (C=O) groups is 14. The van der Waals surface area contributed by atoms with E-state index in [-0.39, 0.29) is 151 Å². The summed E-state index contributed by atoms with van der Waals surface area (Å²) in [7, 11) is 13.8. The molecule has 5 rings (SSSR count). The number of nitrogens with zero attached hydrogens (tertiary/aromatic N) is 9. The Morgan fingerprint density at radius 2 is 0.775 bits per heavy atom. The summed E-state index contributed by atoms with van der Waals surface area (Å²) in [6.45, 7) is 25.4. The number of unbranched alkanes of at least 4 members (excludes halogenated alkanes) is 2. The van der Waals surface area contributed by atoms with Crippen LogP contribution in [0.25, 0.3) is 0 Å². The SMILES string of the molecule is CC(C)C(CC(=O)C(C(C)C)N(C)C)C(=O)N(C)C(C(=O)N1CCCC1C(=O)N1CCCC1C(=O)NCCCCC(=O)ON1C(=O)CCC1=O)C(C)C.CN.CNC(=O)CCCCNC(=O)C1CCCN1C(=O)C1CCCN1C(=O)C(C(C)C)N(C)C(=O)C(CC(=O)C(C(C)C)N(C)C)C(C)C. The molecule has 5 fully saturated rings. The molecule has 28 heteroatoms. The second-order valence-corrected chi connectivity index (χ2v) is 30.6. The normalized spacial score (nSPS) is 20.1. The van der Waals surface area contributed by atoms with Crippen molar-refractivity contribution in [1.82, 2.24) is 60.2 Å². The van der Waals surface area contributed by atoms with Crippen LogP contribution in [0.15, 0.2) is 0 Å². The third-order valence-electron chi connectivity index (χ3n) is 20.5. The number of nitrogens with two attached hydrogens (primary N) is 1. The molecule has 5 aliphatic heterocycles. The van der Waals surface area contributed by atoms with Crippen molar-refractivity contribution in [3.63, 3.8) is 0 Å². The molecule has 0 radical (unpaired) electrons. The Morgan fingerprint density at radius 1 is 0.451 bits per heavy atom. The molecule has 5 N–H and O–H groups in total. The van der Waals surface area contributed by atoms with Crippen LogP contribution in [0.3, 0.4) is 0 Å². The van der Waals surface area contributed by atoms with Crippen LogP contribution >= 0.6 is 0 Å². The molecule has 5 heterocycles. The number of rotatable bonds is 35. The first kappa shape index (κ1) is 89.3. The minimum Gasteiger partial charge on any atom is -0.359 e. The van der Waals surface area contributed by atoms with Crippen molar-refractivity contribution in [2.45, 2.75) is 247 Å². The van der Waals surface area contributed by atoms with Gasteiger partial charge >= 0.3 is 5.97 Å². The predicted octanol–water partition coefficient (Wildman–Crippen LogP) is 4.04. The number of nitrogens with one attached hydrogen (secondary N) is 3. The number of likely N-dealkylation sites (tertiary alicyclic amines) is 4. The van der Waals surface area contributed by atoms with E-state index in [9.17, 15) is 67.1 Å². The lowest BCUT2D eigenvalue weighted by Crippen LogP contribution is -2.58. The van der Waals surface area contributed by atoms with Crippen molar-refractivity contribution in [3.8, 4) is 0 Å². The van der Waals surface area contributed by atoms with Crippen LogP contribution < -0.4 is 21.7 Å². The van der Waals surface area contributed by atoms with Gasteiger partial charge in [0.1, 0.15) is 36.3 Å². The average Bonchev–Trinajstić information content (AvgIpc) is 1.56. The molecule has 0 aromatic carbocycles. The number of Topliss-reactive ketones (excluding diaryl/α,β-unsaturated/α-hetero) is 2. The fourth-order valence-electron chi connectivity index (χ4n) is 15.3. The Hall–Kier alpha value is -6.94. The Morgan fingerprint density at radius 3 is 1.09 bits per heavy atom. The van der Waals surface area contributed by atoms with Gasteiger partial charge in [-0.1, -0.05) is 83.1 Å². The summed E-state index contributed by atoms with van der Waals surface area (Å²) in [4.78, 5) is 202. The Labute approximate surface area is 608 Å².